The lowest BCUT2D eigenvalue weighted by molar-refractivity contribution is 0.108. The van der Waals surface area contributed by atoms with E-state index in [0.29, 0.717) is 44.0 Å². The molecule has 0 saturated carbocycles. The van der Waals surface area contributed by atoms with Gasteiger partial charge in [0.2, 0.25) is 0 Å². The Bertz CT molecular complexity index is 3190. The summed E-state index contributed by atoms with van der Waals surface area (Å²) < 4.78 is 61.8. The van der Waals surface area contributed by atoms with Gasteiger partial charge in [-0.2, -0.15) is 16.8 Å². The van der Waals surface area contributed by atoms with Crippen molar-refractivity contribution in [1.82, 2.24) is 41.8 Å². The van der Waals surface area contributed by atoms with Crippen molar-refractivity contribution in [2.75, 3.05) is 23.2 Å². The maximum absolute atomic E-state index is 11.1. The van der Waals surface area contributed by atoms with Gasteiger partial charge in [0.15, 0.2) is 25.8 Å². The fraction of sp³-hybridized carbons (Fsp3) is 0.0526. The van der Waals surface area contributed by atoms with Crippen LogP contribution >= 0.6 is 104 Å². The molecule has 4 aromatic carbocycles. The van der Waals surface area contributed by atoms with E-state index in [2.05, 4.69) is 57.7 Å². The summed E-state index contributed by atoms with van der Waals surface area (Å²) in [6.07, 6.45) is 2.82. The van der Waals surface area contributed by atoms with Gasteiger partial charge in [-0.05, 0) is 90.8 Å². The van der Waals surface area contributed by atoms with E-state index in [0.717, 1.165) is 21.7 Å². The quantitative estimate of drug-likeness (QED) is 0.0388. The van der Waals surface area contributed by atoms with Gasteiger partial charge in [-0.25, -0.2) is 15.1 Å². The number of nitrogens with zero attached hydrogens (tertiary/aromatic N) is 8. The Morgan fingerprint density at radius 3 is 1.70 bits per heavy atom. The number of hydrazine groups is 5. The van der Waals surface area contributed by atoms with E-state index in [9.17, 15) is 21.6 Å². The number of nitrogens with one attached hydrogen (secondary N) is 6. The molecule has 370 valence electrons. The van der Waals surface area contributed by atoms with Crippen molar-refractivity contribution in [1.29, 1.82) is 0 Å². The average molecular weight is 1180 g/mol. The van der Waals surface area contributed by atoms with Crippen molar-refractivity contribution in [2.24, 2.45) is 15.3 Å². The molecule has 0 amide bonds. The van der Waals surface area contributed by atoms with Crippen molar-refractivity contribution in [3.63, 3.8) is 0 Å². The molecule has 0 aliphatic carbocycles. The summed E-state index contributed by atoms with van der Waals surface area (Å²) >= 11 is 51.7. The average Bonchev–Trinajstić information content (AvgIpc) is 3.26. The summed E-state index contributed by atoms with van der Waals surface area (Å²) in [5.74, 6) is 0. The van der Waals surface area contributed by atoms with E-state index in [-0.39, 0.29) is 40.8 Å². The zero-order valence-corrected chi connectivity index (χ0v) is 43.5. The zero-order valence-electron chi connectivity index (χ0n) is 35.0. The van der Waals surface area contributed by atoms with Crippen LogP contribution in [0, 0.1) is 6.92 Å². The number of hydrazone groups is 3. The first-order valence-corrected chi connectivity index (χ1v) is 25.0. The summed E-state index contributed by atoms with van der Waals surface area (Å²) in [6, 6.07) is 23.8. The number of carbonyl (C=O) groups excluding carboxylic acids is 1. The predicted molar refractivity (Wildman–Crippen MR) is 276 cm³/mol. The standard InChI is InChI=1S/C10H10Cl2N4O3S.C10H10Cl2N4.C9H3Cl3N2O.C9H8Cl2N4O3S/c1-6-2-3-7(20(17,18)19)4-8(6)13-16-14-9(11)5-10(12)15-16;1-16-14-9(11)8(10(12)15-16)13-7-5-3-2-4-6-7;10-7-8(11)14-6-3-4(9(12)15)1-2-5(6)13-7;10-8-5-9(11)14-15(13-8)12-6-1-3-7(4-2-6)19(16,17)18/h2-5,13-14H,1H3,(H,17,18,19);2-6,13-14H,1H3;1-3H;1-5,12-13H,(H,16,17,18). The number of hydrogen-bond acceptors (Lipinski definition) is 19. The number of anilines is 3. The second-order valence-corrected chi connectivity index (χ2v) is 19.6. The smallest absolute Gasteiger partial charge is 0.294 e. The largest absolute Gasteiger partial charge is 0.350 e. The molecule has 0 spiro atoms. The van der Waals surface area contributed by atoms with E-state index in [1.165, 1.54) is 65.8 Å². The van der Waals surface area contributed by atoms with Gasteiger partial charge < -0.3 is 5.32 Å². The number of para-hydroxylation sites is 1. The molecule has 70 heavy (non-hydrogen) atoms. The number of halogens is 9. The molecule has 8 N–H and O–H groups in total. The van der Waals surface area contributed by atoms with Gasteiger partial charge in [0, 0.05) is 30.5 Å². The van der Waals surface area contributed by atoms with Crippen LogP contribution in [0.2, 0.25) is 10.3 Å². The zero-order chi connectivity index (χ0) is 51.5. The molecule has 0 atom stereocenters. The Balaban J connectivity index is 0.000000175. The van der Waals surface area contributed by atoms with Crippen molar-refractivity contribution >= 4 is 173 Å². The molecule has 0 radical (unpaired) electrons. The van der Waals surface area contributed by atoms with Crippen LogP contribution in [-0.4, -0.2) is 79.3 Å². The topological polar surface area (TPSA) is 271 Å². The minimum absolute atomic E-state index is 0.100. The summed E-state index contributed by atoms with van der Waals surface area (Å²) in [6.45, 7) is 1.75. The number of fused-ring (bicyclic) bond motifs is 1. The van der Waals surface area contributed by atoms with Crippen LogP contribution in [-0.2, 0) is 20.2 Å². The fourth-order valence-corrected chi connectivity index (χ4v) is 7.88. The van der Waals surface area contributed by atoms with Crippen LogP contribution in [0.3, 0.4) is 0 Å². The van der Waals surface area contributed by atoms with Gasteiger partial charge in [0.05, 0.1) is 32.2 Å². The molecule has 4 heterocycles. The number of aromatic nitrogens is 2. The lowest BCUT2D eigenvalue weighted by Gasteiger charge is -2.25. The third kappa shape index (κ3) is 17.0. The molecular formula is C38H31Cl9N14O7S2. The summed E-state index contributed by atoms with van der Waals surface area (Å²) in [7, 11) is -6.78. The maximum atomic E-state index is 11.1. The molecular weight excluding hydrogens is 1150 g/mol. The Kier molecular flexibility index (Phi) is 19.7. The third-order valence-electron chi connectivity index (χ3n) is 8.21. The maximum Gasteiger partial charge on any atom is 0.294 e. The van der Waals surface area contributed by atoms with Gasteiger partial charge in [-0.3, -0.25) is 41.0 Å². The molecule has 0 fully saturated rings. The van der Waals surface area contributed by atoms with Crippen LogP contribution in [0.15, 0.2) is 149 Å². The number of aryl methyl sites for hydroxylation is 1. The molecule has 3 aliphatic heterocycles. The Morgan fingerprint density at radius 1 is 0.629 bits per heavy atom. The lowest BCUT2D eigenvalue weighted by atomic mass is 10.2. The van der Waals surface area contributed by atoms with Gasteiger partial charge in [0.1, 0.15) is 21.2 Å². The number of allylic oxidation sites excluding steroid dienone is 3. The first-order valence-electron chi connectivity index (χ1n) is 18.7. The molecule has 0 bridgehead atoms. The molecule has 1 aromatic heterocycles. The molecule has 5 aromatic rings. The molecule has 0 saturated heterocycles. The van der Waals surface area contributed by atoms with E-state index in [1.54, 1.807) is 26.1 Å². The van der Waals surface area contributed by atoms with Crippen molar-refractivity contribution < 1.29 is 30.7 Å². The highest BCUT2D eigenvalue weighted by molar-refractivity contribution is 7.86. The van der Waals surface area contributed by atoms with Crippen LogP contribution in [0.4, 0.5) is 17.1 Å². The van der Waals surface area contributed by atoms with Gasteiger partial charge in [0.25, 0.3) is 25.5 Å². The molecule has 3 aliphatic rings. The predicted octanol–water partition coefficient (Wildman–Crippen LogP) is 9.56. The van der Waals surface area contributed by atoms with Crippen LogP contribution < -0.4 is 32.4 Å². The first kappa shape index (κ1) is 55.7. The Labute approximate surface area is 443 Å². The number of carbonyl (C=O) groups is 1. The second kappa shape index (κ2) is 24.7. The van der Waals surface area contributed by atoms with Gasteiger partial charge in [-0.1, -0.05) is 117 Å². The Morgan fingerprint density at radius 2 is 1.17 bits per heavy atom. The van der Waals surface area contributed by atoms with Crippen molar-refractivity contribution in [3.05, 3.63) is 146 Å². The molecule has 21 nitrogen and oxygen atoms in total. The molecule has 32 heteroatoms. The normalized spacial score (nSPS) is 14.4. The Hall–Kier alpha value is -5.25. The first-order chi connectivity index (χ1) is 32.8. The van der Waals surface area contributed by atoms with Crippen LogP contribution in [0.5, 0.6) is 0 Å². The highest BCUT2D eigenvalue weighted by atomic mass is 35.5. The van der Waals surface area contributed by atoms with Gasteiger partial charge >= 0.3 is 0 Å². The van der Waals surface area contributed by atoms with E-state index >= 15 is 0 Å². The van der Waals surface area contributed by atoms with E-state index < -0.39 is 25.5 Å². The highest BCUT2D eigenvalue weighted by Crippen LogP contribution is 2.24. The minimum atomic E-state index is -4.28. The molecule has 0 unspecified atom stereocenters. The monoisotopic (exact) mass is 1170 g/mol. The fourth-order valence-electron chi connectivity index (χ4n) is 5.10. The van der Waals surface area contributed by atoms with Crippen LogP contribution in [0.1, 0.15) is 15.9 Å². The van der Waals surface area contributed by atoms with Crippen molar-refractivity contribution in [2.45, 2.75) is 16.7 Å². The summed E-state index contributed by atoms with van der Waals surface area (Å²) in [4.78, 5) is 18.4. The SMILES string of the molecule is CN1N=C(Cl)C(Nc2ccccc2)=C(Cl)N1.Cc1ccc(S(=O)(=O)O)cc1NN1N=C(Cl)C=C(Cl)N1.O=C(Cl)c1ccc2nc(Cl)c(Cl)nc2c1.O=S(=O)(O)c1ccc(NN2N=C(Cl)C=C(Cl)N2)cc1. The third-order valence-corrected chi connectivity index (χ3v) is 12.1. The minimum Gasteiger partial charge on any atom is -0.350 e. The lowest BCUT2D eigenvalue weighted by Crippen LogP contribution is -2.39. The molecule has 8 rings (SSSR count). The number of rotatable bonds is 9. The number of hydrogen-bond donors (Lipinski definition) is 8. The second-order valence-electron chi connectivity index (χ2n) is 13.3. The van der Waals surface area contributed by atoms with E-state index in [4.69, 9.17) is 114 Å². The summed E-state index contributed by atoms with van der Waals surface area (Å²) in [5.41, 5.74) is 18.2. The van der Waals surface area contributed by atoms with Crippen molar-refractivity contribution in [3.8, 4) is 0 Å². The summed E-state index contributed by atoms with van der Waals surface area (Å²) in [5, 5.41) is 19.8. The van der Waals surface area contributed by atoms with Crippen LogP contribution in [0.25, 0.3) is 11.0 Å². The highest BCUT2D eigenvalue weighted by Gasteiger charge is 2.19. The van der Waals surface area contributed by atoms with Gasteiger partial charge in [-0.15, -0.1) is 25.8 Å². The number of benzene rings is 4. The van der Waals surface area contributed by atoms with E-state index in [1.807, 2.05) is 30.3 Å².